The highest BCUT2D eigenvalue weighted by molar-refractivity contribution is 5.85. The number of piperazine rings is 1. The molecule has 24 heavy (non-hydrogen) atoms. The normalized spacial score (nSPS) is 15.1. The molecule has 6 nitrogen and oxygen atoms in total. The van der Waals surface area contributed by atoms with Gasteiger partial charge in [-0.3, -0.25) is 9.69 Å². The van der Waals surface area contributed by atoms with Crippen LogP contribution >= 0.6 is 12.4 Å². The highest BCUT2D eigenvalue weighted by Crippen LogP contribution is 2.20. The molecular formula is C17H23ClN4O2. The molecule has 0 bridgehead atoms. The first-order chi connectivity index (χ1) is 11.3. The molecule has 3 rings (SSSR count). The minimum atomic E-state index is 0. The highest BCUT2D eigenvalue weighted by Gasteiger charge is 2.21. The molecule has 0 atom stereocenters. The smallest absolute Gasteiger partial charge is 0.223 e. The van der Waals surface area contributed by atoms with E-state index in [1.807, 2.05) is 35.2 Å². The zero-order valence-electron chi connectivity index (χ0n) is 13.6. The number of carbonyl (C=O) groups excluding carboxylic acids is 1. The molecule has 1 aliphatic heterocycles. The number of halogens is 1. The largest absolute Gasteiger partial charge is 0.439 e. The topological polar surface area (TPSA) is 75.6 Å². The monoisotopic (exact) mass is 350 g/mol. The van der Waals surface area contributed by atoms with E-state index in [1.54, 1.807) is 6.20 Å². The van der Waals surface area contributed by atoms with Crippen molar-refractivity contribution < 1.29 is 9.21 Å². The number of oxazole rings is 1. The van der Waals surface area contributed by atoms with Crippen LogP contribution in [0.3, 0.4) is 0 Å². The zero-order valence-corrected chi connectivity index (χ0v) is 14.4. The van der Waals surface area contributed by atoms with Gasteiger partial charge in [-0.1, -0.05) is 30.3 Å². The van der Waals surface area contributed by atoms with E-state index in [-0.39, 0.29) is 18.3 Å². The average molecular weight is 351 g/mol. The summed E-state index contributed by atoms with van der Waals surface area (Å²) in [6.45, 7) is 4.23. The van der Waals surface area contributed by atoms with Crippen LogP contribution in [0.2, 0.25) is 0 Å². The quantitative estimate of drug-likeness (QED) is 0.889. The van der Waals surface area contributed by atoms with Crippen LogP contribution in [0, 0.1) is 0 Å². The summed E-state index contributed by atoms with van der Waals surface area (Å²) >= 11 is 0. The molecule has 130 valence electrons. The molecule has 2 N–H and O–H groups in total. The lowest BCUT2D eigenvalue weighted by molar-refractivity contribution is -0.132. The van der Waals surface area contributed by atoms with Crippen LogP contribution in [0.1, 0.15) is 12.3 Å². The summed E-state index contributed by atoms with van der Waals surface area (Å²) in [5.41, 5.74) is 6.47. The maximum atomic E-state index is 11.8. The Morgan fingerprint density at radius 3 is 2.54 bits per heavy atom. The molecule has 0 spiro atoms. The number of carbonyl (C=O) groups is 1. The number of amides is 1. The summed E-state index contributed by atoms with van der Waals surface area (Å²) < 4.78 is 5.84. The fraction of sp³-hybridized carbons (Fsp3) is 0.412. The third kappa shape index (κ3) is 4.56. The van der Waals surface area contributed by atoms with Crippen molar-refractivity contribution in [2.75, 3.05) is 32.7 Å². The first-order valence-electron chi connectivity index (χ1n) is 7.96. The van der Waals surface area contributed by atoms with Gasteiger partial charge in [-0.15, -0.1) is 12.4 Å². The van der Waals surface area contributed by atoms with Crippen LogP contribution in [0.4, 0.5) is 0 Å². The number of benzene rings is 1. The van der Waals surface area contributed by atoms with Crippen LogP contribution in [-0.4, -0.2) is 53.4 Å². The molecule has 0 saturated carbocycles. The lowest BCUT2D eigenvalue weighted by Crippen LogP contribution is -2.48. The maximum absolute atomic E-state index is 11.8. The van der Waals surface area contributed by atoms with Crippen molar-refractivity contribution in [3.8, 4) is 11.3 Å². The van der Waals surface area contributed by atoms with Crippen molar-refractivity contribution in [2.45, 2.75) is 13.0 Å². The summed E-state index contributed by atoms with van der Waals surface area (Å²) in [6.07, 6.45) is 2.20. The Balaban J connectivity index is 0.00000208. The molecule has 1 fully saturated rings. The van der Waals surface area contributed by atoms with E-state index in [1.165, 1.54) is 0 Å². The van der Waals surface area contributed by atoms with Gasteiger partial charge >= 0.3 is 0 Å². The van der Waals surface area contributed by atoms with E-state index >= 15 is 0 Å². The molecule has 0 unspecified atom stereocenters. The number of nitrogens with two attached hydrogens (primary N) is 1. The van der Waals surface area contributed by atoms with Crippen LogP contribution in [-0.2, 0) is 11.3 Å². The molecular weight excluding hydrogens is 328 g/mol. The first kappa shape index (κ1) is 18.4. The highest BCUT2D eigenvalue weighted by atomic mass is 35.5. The number of rotatable bonds is 5. The van der Waals surface area contributed by atoms with Gasteiger partial charge in [0.25, 0.3) is 0 Å². The van der Waals surface area contributed by atoms with Crippen LogP contribution in [0.5, 0.6) is 0 Å². The van der Waals surface area contributed by atoms with E-state index in [0.29, 0.717) is 25.4 Å². The van der Waals surface area contributed by atoms with Gasteiger partial charge in [0, 0.05) is 44.7 Å². The minimum Gasteiger partial charge on any atom is -0.439 e. The van der Waals surface area contributed by atoms with E-state index in [2.05, 4.69) is 9.88 Å². The minimum absolute atomic E-state index is 0. The van der Waals surface area contributed by atoms with Crippen molar-refractivity contribution in [1.82, 2.24) is 14.8 Å². The molecule has 0 radical (unpaired) electrons. The molecule has 1 saturated heterocycles. The lowest BCUT2D eigenvalue weighted by atomic mass is 10.2. The Morgan fingerprint density at radius 2 is 1.88 bits per heavy atom. The third-order valence-corrected chi connectivity index (χ3v) is 4.05. The second kappa shape index (κ2) is 8.82. The van der Waals surface area contributed by atoms with E-state index in [0.717, 1.165) is 37.5 Å². The summed E-state index contributed by atoms with van der Waals surface area (Å²) in [4.78, 5) is 20.3. The Bertz CT molecular complexity index is 639. The van der Waals surface area contributed by atoms with Gasteiger partial charge in [0.15, 0.2) is 5.76 Å². The molecule has 1 aromatic heterocycles. The van der Waals surface area contributed by atoms with Crippen molar-refractivity contribution in [1.29, 1.82) is 0 Å². The SMILES string of the molecule is Cl.NCCC(=O)N1CCN(Cc2ncc(-c3ccccc3)o2)CC1. The number of aromatic nitrogens is 1. The second-order valence-electron chi connectivity index (χ2n) is 5.68. The van der Waals surface area contributed by atoms with E-state index < -0.39 is 0 Å². The molecule has 2 heterocycles. The fourth-order valence-corrected chi connectivity index (χ4v) is 2.75. The number of hydrogen-bond donors (Lipinski definition) is 1. The Labute approximate surface area is 148 Å². The van der Waals surface area contributed by atoms with Gasteiger partial charge in [0.2, 0.25) is 11.8 Å². The van der Waals surface area contributed by atoms with Gasteiger partial charge in [-0.2, -0.15) is 0 Å². The molecule has 1 aliphatic rings. The molecule has 1 aromatic carbocycles. The van der Waals surface area contributed by atoms with Gasteiger partial charge in [-0.05, 0) is 0 Å². The second-order valence-corrected chi connectivity index (χ2v) is 5.68. The van der Waals surface area contributed by atoms with Crippen molar-refractivity contribution >= 4 is 18.3 Å². The van der Waals surface area contributed by atoms with Crippen LogP contribution < -0.4 is 5.73 Å². The predicted molar refractivity (Wildman–Crippen MR) is 94.7 cm³/mol. The van der Waals surface area contributed by atoms with Crippen LogP contribution in [0.25, 0.3) is 11.3 Å². The lowest BCUT2D eigenvalue weighted by Gasteiger charge is -2.34. The fourth-order valence-electron chi connectivity index (χ4n) is 2.75. The van der Waals surface area contributed by atoms with Gasteiger partial charge < -0.3 is 15.1 Å². The third-order valence-electron chi connectivity index (χ3n) is 4.05. The molecule has 7 heteroatoms. The summed E-state index contributed by atoms with van der Waals surface area (Å²) in [5, 5.41) is 0. The maximum Gasteiger partial charge on any atom is 0.223 e. The van der Waals surface area contributed by atoms with Crippen molar-refractivity contribution in [3.05, 3.63) is 42.4 Å². The van der Waals surface area contributed by atoms with Crippen molar-refractivity contribution in [2.24, 2.45) is 5.73 Å². The summed E-state index contributed by atoms with van der Waals surface area (Å²) in [5.74, 6) is 1.65. The van der Waals surface area contributed by atoms with Crippen LogP contribution in [0.15, 0.2) is 40.9 Å². The van der Waals surface area contributed by atoms with E-state index in [9.17, 15) is 4.79 Å². The zero-order chi connectivity index (χ0) is 16.1. The molecule has 1 amide bonds. The Hall–Kier alpha value is -1.89. The molecule has 0 aliphatic carbocycles. The van der Waals surface area contributed by atoms with Gasteiger partial charge in [-0.25, -0.2) is 4.98 Å². The Morgan fingerprint density at radius 1 is 1.17 bits per heavy atom. The molecule has 2 aromatic rings. The Kier molecular flexibility index (Phi) is 6.78. The number of hydrogen-bond acceptors (Lipinski definition) is 5. The van der Waals surface area contributed by atoms with E-state index in [4.69, 9.17) is 10.2 Å². The average Bonchev–Trinajstić information content (AvgIpc) is 3.05. The van der Waals surface area contributed by atoms with Gasteiger partial charge in [0.1, 0.15) is 0 Å². The standard InChI is InChI=1S/C17H22N4O2.ClH/c18-7-6-17(22)21-10-8-20(9-11-21)13-16-19-12-15(23-16)14-4-2-1-3-5-14;/h1-5,12H,6-11,13,18H2;1H. The van der Waals surface area contributed by atoms with Gasteiger partial charge in [0.05, 0.1) is 12.7 Å². The predicted octanol–water partition coefficient (Wildman–Crippen LogP) is 1.76. The first-order valence-corrected chi connectivity index (χ1v) is 7.96. The van der Waals surface area contributed by atoms with Crippen molar-refractivity contribution in [3.63, 3.8) is 0 Å². The number of nitrogens with zero attached hydrogens (tertiary/aromatic N) is 3. The summed E-state index contributed by atoms with van der Waals surface area (Å²) in [6, 6.07) is 9.95. The summed E-state index contributed by atoms with van der Waals surface area (Å²) in [7, 11) is 0.